The fourth-order valence-corrected chi connectivity index (χ4v) is 1.94. The highest BCUT2D eigenvalue weighted by Crippen LogP contribution is 2.41. The molecular weight excluding hydrogens is 124 g/mol. The Morgan fingerprint density at radius 1 is 1.00 bits per heavy atom. The molecule has 0 N–H and O–H groups in total. The van der Waals surface area contributed by atoms with E-state index in [1.807, 2.05) is 0 Å². The van der Waals surface area contributed by atoms with Crippen molar-refractivity contribution in [3.63, 3.8) is 0 Å². The monoisotopic (exact) mass is 132 g/mol. The Bertz CT molecular complexity index is 264. The first-order valence-corrected chi connectivity index (χ1v) is 3.65. The highest BCUT2D eigenvalue weighted by Gasteiger charge is 2.29. The zero-order chi connectivity index (χ0) is 6.55. The van der Waals surface area contributed by atoms with E-state index in [0.29, 0.717) is 0 Å². The zero-order valence-corrected chi connectivity index (χ0v) is 5.68. The standard InChI is InChI=1S/C9H8O/c1-2-7-3-6(1)8-4-10-5-9(7)8/h1-2H,3-5H2. The van der Waals surface area contributed by atoms with E-state index < -0.39 is 0 Å². The van der Waals surface area contributed by atoms with E-state index in [0.717, 1.165) is 13.2 Å². The molecule has 0 atom stereocenters. The second-order valence-electron chi connectivity index (χ2n) is 3.01. The van der Waals surface area contributed by atoms with Crippen molar-refractivity contribution < 1.29 is 4.74 Å². The molecule has 1 aliphatic heterocycles. The third-order valence-electron chi connectivity index (χ3n) is 2.50. The summed E-state index contributed by atoms with van der Waals surface area (Å²) in [7, 11) is 0. The predicted octanol–water partition coefficient (Wildman–Crippen LogP) is 1.58. The van der Waals surface area contributed by atoms with Gasteiger partial charge in [-0.05, 0) is 28.7 Å². The number of hydrogen-bond acceptors (Lipinski definition) is 1. The summed E-state index contributed by atoms with van der Waals surface area (Å²) in [6.07, 6.45) is 5.64. The van der Waals surface area contributed by atoms with Crippen LogP contribution in [-0.2, 0) is 4.74 Å². The summed E-state index contributed by atoms with van der Waals surface area (Å²) < 4.78 is 5.34. The highest BCUT2D eigenvalue weighted by molar-refractivity contribution is 5.61. The largest absolute Gasteiger partial charge is 0.372 e. The van der Waals surface area contributed by atoms with Crippen LogP contribution < -0.4 is 0 Å². The lowest BCUT2D eigenvalue weighted by molar-refractivity contribution is 0.214. The Morgan fingerprint density at radius 2 is 1.60 bits per heavy atom. The molecule has 3 aliphatic rings. The van der Waals surface area contributed by atoms with Gasteiger partial charge in [0, 0.05) is 0 Å². The van der Waals surface area contributed by atoms with Crippen LogP contribution >= 0.6 is 0 Å². The lowest BCUT2D eigenvalue weighted by Gasteiger charge is -1.96. The van der Waals surface area contributed by atoms with Crippen LogP contribution in [0.2, 0.25) is 0 Å². The number of ether oxygens (including phenoxy) is 1. The number of fused-ring (bicyclic) bond motifs is 3. The van der Waals surface area contributed by atoms with Gasteiger partial charge in [0.15, 0.2) is 0 Å². The van der Waals surface area contributed by atoms with Crippen molar-refractivity contribution in [2.45, 2.75) is 6.42 Å². The van der Waals surface area contributed by atoms with Crippen LogP contribution in [0.4, 0.5) is 0 Å². The molecule has 1 heterocycles. The summed E-state index contributed by atoms with van der Waals surface area (Å²) >= 11 is 0. The third kappa shape index (κ3) is 0.400. The SMILES string of the molecule is C1=CC2=C3COCC3=C1C2. The van der Waals surface area contributed by atoms with E-state index in [1.54, 1.807) is 0 Å². The molecule has 0 amide bonds. The molecule has 50 valence electrons. The van der Waals surface area contributed by atoms with Crippen molar-refractivity contribution in [3.8, 4) is 0 Å². The highest BCUT2D eigenvalue weighted by atomic mass is 16.5. The summed E-state index contributed by atoms with van der Waals surface area (Å²) in [6.45, 7) is 1.72. The molecule has 2 aliphatic carbocycles. The normalized spacial score (nSPS) is 27.2. The first-order valence-electron chi connectivity index (χ1n) is 3.65. The van der Waals surface area contributed by atoms with Gasteiger partial charge in [0.05, 0.1) is 13.2 Å². The van der Waals surface area contributed by atoms with E-state index in [1.165, 1.54) is 28.7 Å². The van der Waals surface area contributed by atoms with Gasteiger partial charge in [-0.1, -0.05) is 12.2 Å². The topological polar surface area (TPSA) is 9.23 Å². The molecule has 0 aromatic carbocycles. The van der Waals surface area contributed by atoms with E-state index in [9.17, 15) is 0 Å². The molecule has 3 rings (SSSR count). The lowest BCUT2D eigenvalue weighted by Crippen LogP contribution is -1.85. The molecule has 1 nitrogen and oxygen atoms in total. The Hall–Kier alpha value is -0.820. The van der Waals surface area contributed by atoms with Gasteiger partial charge in [0.1, 0.15) is 0 Å². The molecule has 1 saturated heterocycles. The number of allylic oxidation sites excluding steroid dienone is 4. The van der Waals surface area contributed by atoms with Crippen molar-refractivity contribution in [2.75, 3.05) is 13.2 Å². The maximum atomic E-state index is 5.34. The lowest BCUT2D eigenvalue weighted by atomic mass is 10.1. The van der Waals surface area contributed by atoms with Gasteiger partial charge >= 0.3 is 0 Å². The van der Waals surface area contributed by atoms with E-state index >= 15 is 0 Å². The van der Waals surface area contributed by atoms with E-state index in [2.05, 4.69) is 12.2 Å². The van der Waals surface area contributed by atoms with Gasteiger partial charge in [0.25, 0.3) is 0 Å². The van der Waals surface area contributed by atoms with Crippen molar-refractivity contribution in [1.29, 1.82) is 0 Å². The van der Waals surface area contributed by atoms with Crippen LogP contribution in [0.25, 0.3) is 0 Å². The second-order valence-corrected chi connectivity index (χ2v) is 3.01. The summed E-state index contributed by atoms with van der Waals surface area (Å²) in [5, 5.41) is 0. The Morgan fingerprint density at radius 3 is 2.20 bits per heavy atom. The summed E-state index contributed by atoms with van der Waals surface area (Å²) in [5.41, 5.74) is 5.97. The third-order valence-corrected chi connectivity index (χ3v) is 2.50. The molecule has 10 heavy (non-hydrogen) atoms. The van der Waals surface area contributed by atoms with Gasteiger partial charge in [-0.3, -0.25) is 0 Å². The smallest absolute Gasteiger partial charge is 0.0727 e. The molecule has 0 spiro atoms. The van der Waals surface area contributed by atoms with Crippen LogP contribution in [0.5, 0.6) is 0 Å². The second kappa shape index (κ2) is 1.43. The van der Waals surface area contributed by atoms with Crippen LogP contribution in [0.1, 0.15) is 6.42 Å². The number of rotatable bonds is 0. The van der Waals surface area contributed by atoms with Gasteiger partial charge in [-0.2, -0.15) is 0 Å². The van der Waals surface area contributed by atoms with Crippen LogP contribution in [-0.4, -0.2) is 13.2 Å². The molecule has 1 fully saturated rings. The van der Waals surface area contributed by atoms with Gasteiger partial charge < -0.3 is 4.74 Å². The Labute approximate surface area is 59.7 Å². The molecule has 0 saturated carbocycles. The molecule has 1 heteroatoms. The zero-order valence-electron chi connectivity index (χ0n) is 5.68. The predicted molar refractivity (Wildman–Crippen MR) is 38.6 cm³/mol. The Balaban J connectivity index is 2.31. The molecule has 0 unspecified atom stereocenters. The molecular formula is C9H8O. The first-order chi connectivity index (χ1) is 4.95. The summed E-state index contributed by atoms with van der Waals surface area (Å²) in [6, 6.07) is 0. The molecule has 0 aromatic heterocycles. The van der Waals surface area contributed by atoms with Gasteiger partial charge in [-0.15, -0.1) is 0 Å². The first kappa shape index (κ1) is 4.91. The van der Waals surface area contributed by atoms with Crippen molar-refractivity contribution >= 4 is 0 Å². The molecule has 0 aromatic rings. The van der Waals surface area contributed by atoms with Crippen LogP contribution in [0, 0.1) is 0 Å². The fourth-order valence-electron chi connectivity index (χ4n) is 1.94. The van der Waals surface area contributed by atoms with E-state index in [-0.39, 0.29) is 0 Å². The minimum atomic E-state index is 0.860. The fraction of sp³-hybridized carbons (Fsp3) is 0.333. The van der Waals surface area contributed by atoms with Crippen molar-refractivity contribution in [3.05, 3.63) is 34.4 Å². The molecule has 2 bridgehead atoms. The quantitative estimate of drug-likeness (QED) is 0.486. The van der Waals surface area contributed by atoms with Gasteiger partial charge in [-0.25, -0.2) is 0 Å². The number of hydrogen-bond donors (Lipinski definition) is 0. The van der Waals surface area contributed by atoms with Crippen LogP contribution in [0.3, 0.4) is 0 Å². The summed E-state index contributed by atoms with van der Waals surface area (Å²) in [5.74, 6) is 0. The van der Waals surface area contributed by atoms with Crippen molar-refractivity contribution in [1.82, 2.24) is 0 Å². The van der Waals surface area contributed by atoms with Crippen molar-refractivity contribution in [2.24, 2.45) is 0 Å². The Kier molecular flexibility index (Phi) is 0.702. The minimum absolute atomic E-state index is 0.860. The van der Waals surface area contributed by atoms with Crippen LogP contribution in [0.15, 0.2) is 34.4 Å². The minimum Gasteiger partial charge on any atom is -0.372 e. The van der Waals surface area contributed by atoms with Gasteiger partial charge in [0.2, 0.25) is 0 Å². The molecule has 0 radical (unpaired) electrons. The maximum Gasteiger partial charge on any atom is 0.0727 e. The summed E-state index contributed by atoms with van der Waals surface area (Å²) in [4.78, 5) is 0. The average molecular weight is 132 g/mol. The maximum absolute atomic E-state index is 5.34. The average Bonchev–Trinajstić information content (AvgIpc) is 2.60. The van der Waals surface area contributed by atoms with E-state index in [4.69, 9.17) is 4.74 Å².